The van der Waals surface area contributed by atoms with Crippen molar-refractivity contribution in [3.8, 4) is 11.5 Å². The lowest BCUT2D eigenvalue weighted by atomic mass is 10.1. The molecule has 0 aliphatic carbocycles. The van der Waals surface area contributed by atoms with Gasteiger partial charge in [0.1, 0.15) is 37.4 Å². The first-order valence-electron chi connectivity index (χ1n) is 10.9. The summed E-state index contributed by atoms with van der Waals surface area (Å²) in [6.07, 6.45) is -0.176. The quantitative estimate of drug-likeness (QED) is 0.474. The first-order valence-corrected chi connectivity index (χ1v) is 10.9. The summed E-state index contributed by atoms with van der Waals surface area (Å²) < 4.78 is 17.6. The number of hydrogen-bond acceptors (Lipinski definition) is 4. The van der Waals surface area contributed by atoms with Crippen LogP contribution in [0.25, 0.3) is 21.8 Å². The molecular formula is C26H26N2O4. The van der Waals surface area contributed by atoms with Crippen molar-refractivity contribution >= 4 is 27.7 Å². The number of aryl methyl sites for hydroxylation is 1. The number of benzene rings is 3. The maximum Gasteiger partial charge on any atom is 0.248 e. The monoisotopic (exact) mass is 430 g/mol. The van der Waals surface area contributed by atoms with Crippen LogP contribution < -0.4 is 9.47 Å². The number of morpholine rings is 1. The van der Waals surface area contributed by atoms with Crippen molar-refractivity contribution in [3.05, 3.63) is 72.3 Å². The van der Waals surface area contributed by atoms with Crippen LogP contribution in [0.2, 0.25) is 0 Å². The molecule has 0 saturated carbocycles. The van der Waals surface area contributed by atoms with Gasteiger partial charge in [-0.1, -0.05) is 36.4 Å². The summed E-state index contributed by atoms with van der Waals surface area (Å²) in [4.78, 5) is 17.5. The van der Waals surface area contributed by atoms with E-state index in [1.807, 2.05) is 55.5 Å². The second-order valence-electron chi connectivity index (χ2n) is 8.08. The standard InChI is InChI=1S/C26H26N2O4/c1-18-6-2-5-9-25(18)30-13-12-28-15-20(32-17-26(28)29)16-31-19-10-11-22-21-7-3-4-8-23(21)27-24(22)14-19/h2-11,14,20,27H,12-13,15-17H2,1H3. The van der Waals surface area contributed by atoms with Crippen LogP contribution in [0.3, 0.4) is 0 Å². The van der Waals surface area contributed by atoms with Gasteiger partial charge in [0, 0.05) is 22.4 Å². The zero-order valence-electron chi connectivity index (χ0n) is 18.0. The van der Waals surface area contributed by atoms with Crippen molar-refractivity contribution < 1.29 is 19.0 Å². The average Bonchev–Trinajstić information content (AvgIpc) is 3.18. The van der Waals surface area contributed by atoms with Crippen LogP contribution in [-0.2, 0) is 9.53 Å². The molecular weight excluding hydrogens is 404 g/mol. The second kappa shape index (κ2) is 8.93. The lowest BCUT2D eigenvalue weighted by molar-refractivity contribution is -0.150. The Morgan fingerprint density at radius 2 is 1.81 bits per heavy atom. The van der Waals surface area contributed by atoms with Gasteiger partial charge in [-0.25, -0.2) is 0 Å². The molecule has 1 aromatic heterocycles. The third kappa shape index (κ3) is 4.27. The lowest BCUT2D eigenvalue weighted by Crippen LogP contribution is -2.49. The van der Waals surface area contributed by atoms with Crippen molar-refractivity contribution in [2.45, 2.75) is 13.0 Å². The molecule has 6 nitrogen and oxygen atoms in total. The van der Waals surface area contributed by atoms with Crippen LogP contribution >= 0.6 is 0 Å². The number of H-pyrrole nitrogens is 1. The van der Waals surface area contributed by atoms with Crippen LogP contribution in [-0.4, -0.2) is 54.8 Å². The number of fused-ring (bicyclic) bond motifs is 3. The Bertz CT molecular complexity index is 1250. The molecule has 2 heterocycles. The topological polar surface area (TPSA) is 63.8 Å². The fourth-order valence-electron chi connectivity index (χ4n) is 4.09. The number of carbonyl (C=O) groups is 1. The number of nitrogens with one attached hydrogen (secondary N) is 1. The number of ether oxygens (including phenoxy) is 3. The molecule has 1 saturated heterocycles. The number of amides is 1. The molecule has 1 amide bonds. The van der Waals surface area contributed by atoms with Gasteiger partial charge in [0.2, 0.25) is 5.91 Å². The predicted molar refractivity (Wildman–Crippen MR) is 124 cm³/mol. The summed E-state index contributed by atoms with van der Waals surface area (Å²) in [5.74, 6) is 1.61. The highest BCUT2D eigenvalue weighted by Gasteiger charge is 2.26. The predicted octanol–water partition coefficient (Wildman–Crippen LogP) is 4.31. The Balaban J connectivity index is 1.17. The van der Waals surface area contributed by atoms with Gasteiger partial charge in [0.15, 0.2) is 0 Å². The fourth-order valence-corrected chi connectivity index (χ4v) is 4.09. The number of aromatic nitrogens is 1. The molecule has 32 heavy (non-hydrogen) atoms. The zero-order chi connectivity index (χ0) is 21.9. The molecule has 164 valence electrons. The highest BCUT2D eigenvalue weighted by Crippen LogP contribution is 2.28. The normalized spacial score (nSPS) is 16.6. The third-order valence-corrected chi connectivity index (χ3v) is 5.85. The average molecular weight is 431 g/mol. The van der Waals surface area contributed by atoms with E-state index in [0.29, 0.717) is 26.3 Å². The largest absolute Gasteiger partial charge is 0.491 e. The summed E-state index contributed by atoms with van der Waals surface area (Å²) in [7, 11) is 0. The van der Waals surface area contributed by atoms with E-state index in [0.717, 1.165) is 28.1 Å². The van der Waals surface area contributed by atoms with E-state index >= 15 is 0 Å². The molecule has 1 fully saturated rings. The van der Waals surface area contributed by atoms with E-state index < -0.39 is 0 Å². The molecule has 3 aromatic carbocycles. The van der Waals surface area contributed by atoms with E-state index in [2.05, 4.69) is 23.2 Å². The molecule has 0 radical (unpaired) electrons. The van der Waals surface area contributed by atoms with Gasteiger partial charge < -0.3 is 24.1 Å². The smallest absolute Gasteiger partial charge is 0.248 e. The highest BCUT2D eigenvalue weighted by molar-refractivity contribution is 6.07. The van der Waals surface area contributed by atoms with Crippen molar-refractivity contribution in [2.24, 2.45) is 0 Å². The fraction of sp³-hybridized carbons (Fsp3) is 0.269. The number of carbonyl (C=O) groups excluding carboxylic acids is 1. The first-order chi connectivity index (χ1) is 15.7. The molecule has 1 atom stereocenters. The van der Waals surface area contributed by atoms with Crippen LogP contribution in [0.4, 0.5) is 0 Å². The van der Waals surface area contributed by atoms with E-state index in [9.17, 15) is 4.79 Å². The molecule has 0 bridgehead atoms. The molecule has 1 N–H and O–H groups in total. The van der Waals surface area contributed by atoms with Crippen molar-refractivity contribution in [2.75, 3.05) is 32.9 Å². The van der Waals surface area contributed by atoms with Gasteiger partial charge in [0.25, 0.3) is 0 Å². The van der Waals surface area contributed by atoms with Crippen molar-refractivity contribution in [1.82, 2.24) is 9.88 Å². The lowest BCUT2D eigenvalue weighted by Gasteiger charge is -2.32. The summed E-state index contributed by atoms with van der Waals surface area (Å²) in [6.45, 7) is 3.92. The summed E-state index contributed by atoms with van der Waals surface area (Å²) in [5, 5.41) is 2.37. The second-order valence-corrected chi connectivity index (χ2v) is 8.08. The Labute approximate surface area is 186 Å². The van der Waals surface area contributed by atoms with E-state index in [4.69, 9.17) is 14.2 Å². The minimum atomic E-state index is -0.176. The first kappa shape index (κ1) is 20.4. The molecule has 1 aliphatic heterocycles. The van der Waals surface area contributed by atoms with Crippen LogP contribution in [0.5, 0.6) is 11.5 Å². The Morgan fingerprint density at radius 1 is 1.00 bits per heavy atom. The highest BCUT2D eigenvalue weighted by atomic mass is 16.5. The molecule has 1 unspecified atom stereocenters. The van der Waals surface area contributed by atoms with Gasteiger partial charge in [-0.2, -0.15) is 0 Å². The van der Waals surface area contributed by atoms with E-state index in [1.54, 1.807) is 4.90 Å². The zero-order valence-corrected chi connectivity index (χ0v) is 18.0. The molecule has 4 aromatic rings. The SMILES string of the molecule is Cc1ccccc1OCCN1CC(COc2ccc3c(c2)[nH]c2ccccc23)OCC1=O. The number of rotatable bonds is 7. The van der Waals surface area contributed by atoms with Crippen molar-refractivity contribution in [3.63, 3.8) is 0 Å². The summed E-state index contributed by atoms with van der Waals surface area (Å²) in [6, 6.07) is 22.2. The summed E-state index contributed by atoms with van der Waals surface area (Å²) in [5.41, 5.74) is 3.23. The van der Waals surface area contributed by atoms with Gasteiger partial charge in [-0.05, 0) is 36.8 Å². The van der Waals surface area contributed by atoms with E-state index in [-0.39, 0.29) is 18.6 Å². The Hall–Kier alpha value is -3.51. The number of hydrogen-bond donors (Lipinski definition) is 1. The number of para-hydroxylation sites is 2. The van der Waals surface area contributed by atoms with Gasteiger partial charge in [-0.15, -0.1) is 0 Å². The van der Waals surface area contributed by atoms with E-state index in [1.165, 1.54) is 10.8 Å². The van der Waals surface area contributed by atoms with Crippen molar-refractivity contribution in [1.29, 1.82) is 0 Å². The minimum Gasteiger partial charge on any atom is -0.491 e. The molecule has 1 aliphatic rings. The van der Waals surface area contributed by atoms with Gasteiger partial charge in [0.05, 0.1) is 18.6 Å². The Kier molecular flexibility index (Phi) is 5.69. The number of aromatic amines is 1. The van der Waals surface area contributed by atoms with Crippen LogP contribution in [0, 0.1) is 6.92 Å². The Morgan fingerprint density at radius 3 is 2.72 bits per heavy atom. The summed E-state index contributed by atoms with van der Waals surface area (Å²) >= 11 is 0. The van der Waals surface area contributed by atoms with Gasteiger partial charge in [-0.3, -0.25) is 4.79 Å². The molecule has 5 rings (SSSR count). The van der Waals surface area contributed by atoms with Crippen LogP contribution in [0.1, 0.15) is 5.56 Å². The van der Waals surface area contributed by atoms with Gasteiger partial charge >= 0.3 is 0 Å². The number of nitrogens with zero attached hydrogens (tertiary/aromatic N) is 1. The molecule has 0 spiro atoms. The maximum absolute atomic E-state index is 12.3. The third-order valence-electron chi connectivity index (χ3n) is 5.85. The van der Waals surface area contributed by atoms with Crippen LogP contribution in [0.15, 0.2) is 66.7 Å². The maximum atomic E-state index is 12.3. The minimum absolute atomic E-state index is 0.0193. The molecule has 6 heteroatoms.